The third-order valence-electron chi connectivity index (χ3n) is 6.43. The summed E-state index contributed by atoms with van der Waals surface area (Å²) in [5, 5.41) is 2.76. The van der Waals surface area contributed by atoms with E-state index in [9.17, 15) is 18.0 Å². The van der Waals surface area contributed by atoms with Crippen molar-refractivity contribution in [2.45, 2.75) is 56.7 Å². The molecular weight excluding hydrogens is 480 g/mol. The molecule has 0 saturated heterocycles. The lowest BCUT2D eigenvalue weighted by molar-refractivity contribution is -0.119. The van der Waals surface area contributed by atoms with E-state index in [1.165, 1.54) is 18.7 Å². The molecule has 0 bridgehead atoms. The third kappa shape index (κ3) is 6.37. The summed E-state index contributed by atoms with van der Waals surface area (Å²) in [4.78, 5) is 33.9. The van der Waals surface area contributed by atoms with E-state index in [-0.39, 0.29) is 34.7 Å². The van der Waals surface area contributed by atoms with Crippen molar-refractivity contribution in [1.29, 1.82) is 0 Å². The van der Waals surface area contributed by atoms with E-state index in [1.807, 2.05) is 30.3 Å². The minimum absolute atomic E-state index is 0.0364. The number of ether oxygens (including phenoxy) is 1. The van der Waals surface area contributed by atoms with Crippen LogP contribution in [-0.2, 0) is 26.0 Å². The Morgan fingerprint density at radius 2 is 1.86 bits per heavy atom. The van der Waals surface area contributed by atoms with Crippen molar-refractivity contribution >= 4 is 27.5 Å². The number of carbonyl (C=O) groups is 2. The highest BCUT2D eigenvalue weighted by Gasteiger charge is 2.28. The maximum Gasteiger partial charge on any atom is 0.340 e. The maximum atomic E-state index is 13.3. The average Bonchev–Trinajstić information content (AvgIpc) is 3.60. The molecule has 1 aliphatic carbocycles. The minimum atomic E-state index is -3.48. The smallest absolute Gasteiger partial charge is 0.340 e. The molecule has 4 rings (SSSR count). The van der Waals surface area contributed by atoms with Gasteiger partial charge in [-0.15, -0.1) is 0 Å². The third-order valence-corrected chi connectivity index (χ3v) is 8.04. The first-order valence-electron chi connectivity index (χ1n) is 12.1. The highest BCUT2D eigenvalue weighted by molar-refractivity contribution is 7.91. The molecule has 2 aromatic heterocycles. The summed E-state index contributed by atoms with van der Waals surface area (Å²) in [5.74, 6) is -0.215. The lowest BCUT2D eigenvalue weighted by Gasteiger charge is -2.21. The van der Waals surface area contributed by atoms with Gasteiger partial charge in [0.15, 0.2) is 14.9 Å². The predicted octanol–water partition coefficient (Wildman–Crippen LogP) is 4.19. The minimum Gasteiger partial charge on any atom is -0.457 e. The van der Waals surface area contributed by atoms with Crippen molar-refractivity contribution in [2.75, 3.05) is 11.1 Å². The first-order chi connectivity index (χ1) is 17.4. The lowest BCUT2D eigenvalue weighted by Crippen LogP contribution is -2.27. The predicted molar refractivity (Wildman–Crippen MR) is 134 cm³/mol. The van der Waals surface area contributed by atoms with Crippen LogP contribution in [0.3, 0.4) is 0 Å². The first-order valence-corrected chi connectivity index (χ1v) is 13.7. The van der Waals surface area contributed by atoms with Gasteiger partial charge in [0.05, 0.1) is 17.6 Å². The summed E-state index contributed by atoms with van der Waals surface area (Å²) >= 11 is 0. The monoisotopic (exact) mass is 510 g/mol. The zero-order valence-electron chi connectivity index (χ0n) is 20.2. The number of benzene rings is 1. The highest BCUT2D eigenvalue weighted by Crippen LogP contribution is 2.33. The van der Waals surface area contributed by atoms with Crippen molar-refractivity contribution in [3.05, 3.63) is 72.3 Å². The van der Waals surface area contributed by atoms with Gasteiger partial charge in [0.25, 0.3) is 0 Å². The molecule has 10 heteroatoms. The number of carbonyl (C=O) groups excluding carboxylic acids is 2. The topological polar surface area (TPSA) is 120 Å². The fraction of sp³-hybridized carbons (Fsp3) is 0.385. The Morgan fingerprint density at radius 1 is 1.11 bits per heavy atom. The van der Waals surface area contributed by atoms with Gasteiger partial charge in [-0.05, 0) is 30.0 Å². The SMILES string of the molecule is CCS(=O)(=O)c1cn([C@@H](CC2CCCC2)C(=O)Nc2ccc(C(=O)OCc3ccccc3)cn2)cn1. The molecule has 0 radical (unpaired) electrons. The summed E-state index contributed by atoms with van der Waals surface area (Å²) in [5.41, 5.74) is 1.15. The van der Waals surface area contributed by atoms with Crippen LogP contribution in [0.2, 0.25) is 0 Å². The number of sulfone groups is 1. The number of esters is 1. The van der Waals surface area contributed by atoms with Gasteiger partial charge in [-0.25, -0.2) is 23.2 Å². The standard InChI is InChI=1S/C26H30N4O5S/c1-2-36(33,34)24-16-30(18-28-24)22(14-19-8-6-7-9-19)25(31)29-23-13-12-21(15-27-23)26(32)35-17-20-10-4-3-5-11-20/h3-5,10-13,15-16,18-19,22H,2,6-9,14,17H2,1H3,(H,27,29,31)/t22-/m0/s1. The van der Waals surface area contributed by atoms with Crippen LogP contribution in [0.5, 0.6) is 0 Å². The number of pyridine rings is 1. The molecule has 1 aliphatic rings. The second-order valence-electron chi connectivity index (χ2n) is 8.95. The van der Waals surface area contributed by atoms with Gasteiger partial charge in [0.2, 0.25) is 5.91 Å². The Labute approximate surface area is 210 Å². The molecule has 3 aromatic rings. The Morgan fingerprint density at radius 3 is 2.53 bits per heavy atom. The fourth-order valence-electron chi connectivity index (χ4n) is 4.33. The number of hydrogen-bond donors (Lipinski definition) is 1. The van der Waals surface area contributed by atoms with E-state index in [2.05, 4.69) is 15.3 Å². The normalized spacial score (nSPS) is 14.9. The summed E-state index contributed by atoms with van der Waals surface area (Å²) in [6.07, 6.45) is 9.10. The molecule has 0 aliphatic heterocycles. The fourth-order valence-corrected chi connectivity index (χ4v) is 5.11. The maximum absolute atomic E-state index is 13.3. The molecule has 1 amide bonds. The number of amides is 1. The largest absolute Gasteiger partial charge is 0.457 e. The number of hydrogen-bond acceptors (Lipinski definition) is 7. The summed E-state index contributed by atoms with van der Waals surface area (Å²) in [6, 6.07) is 11.8. The van der Waals surface area contributed by atoms with Crippen molar-refractivity contribution in [3.63, 3.8) is 0 Å². The second-order valence-corrected chi connectivity index (χ2v) is 11.2. The van der Waals surface area contributed by atoms with Gasteiger partial charge < -0.3 is 14.6 Å². The molecule has 1 atom stereocenters. The molecule has 2 heterocycles. The van der Waals surface area contributed by atoms with Gasteiger partial charge in [-0.1, -0.05) is 62.9 Å². The quantitative estimate of drug-likeness (QED) is 0.406. The van der Waals surface area contributed by atoms with Gasteiger partial charge in [-0.2, -0.15) is 0 Å². The van der Waals surface area contributed by atoms with Crippen LogP contribution < -0.4 is 5.32 Å². The zero-order chi connectivity index (χ0) is 25.5. The van der Waals surface area contributed by atoms with Gasteiger partial charge in [-0.3, -0.25) is 4.79 Å². The summed E-state index contributed by atoms with van der Waals surface area (Å²) in [7, 11) is -3.48. The molecule has 1 N–H and O–H groups in total. The van der Waals surface area contributed by atoms with E-state index in [1.54, 1.807) is 23.6 Å². The number of rotatable bonds is 10. The van der Waals surface area contributed by atoms with E-state index in [4.69, 9.17) is 4.74 Å². The van der Waals surface area contributed by atoms with Crippen molar-refractivity contribution in [2.24, 2.45) is 5.92 Å². The molecule has 36 heavy (non-hydrogen) atoms. The molecular formula is C26H30N4O5S. The van der Waals surface area contributed by atoms with Crippen LogP contribution in [0.25, 0.3) is 0 Å². The van der Waals surface area contributed by atoms with E-state index < -0.39 is 21.8 Å². The molecule has 1 fully saturated rings. The number of aromatic nitrogens is 3. The summed E-state index contributed by atoms with van der Waals surface area (Å²) < 4.78 is 31.4. The molecule has 9 nitrogen and oxygen atoms in total. The number of anilines is 1. The van der Waals surface area contributed by atoms with Crippen molar-refractivity contribution < 1.29 is 22.7 Å². The molecule has 1 saturated carbocycles. The Kier molecular flexibility index (Phi) is 8.14. The van der Waals surface area contributed by atoms with Crippen LogP contribution in [0.4, 0.5) is 5.82 Å². The van der Waals surface area contributed by atoms with Gasteiger partial charge in [0, 0.05) is 12.4 Å². The highest BCUT2D eigenvalue weighted by atomic mass is 32.2. The van der Waals surface area contributed by atoms with E-state index in [0.29, 0.717) is 12.3 Å². The Hall–Kier alpha value is -3.53. The molecule has 190 valence electrons. The van der Waals surface area contributed by atoms with Crippen molar-refractivity contribution in [3.8, 4) is 0 Å². The van der Waals surface area contributed by atoms with Crippen LogP contribution in [0.15, 0.2) is 66.2 Å². The van der Waals surface area contributed by atoms with Crippen LogP contribution in [0, 0.1) is 5.92 Å². The second kappa shape index (κ2) is 11.5. The average molecular weight is 511 g/mol. The van der Waals surface area contributed by atoms with E-state index >= 15 is 0 Å². The zero-order valence-corrected chi connectivity index (χ0v) is 21.0. The number of nitrogens with zero attached hydrogens (tertiary/aromatic N) is 3. The number of nitrogens with one attached hydrogen (secondary N) is 1. The first kappa shape index (κ1) is 25.6. The molecule has 0 unspecified atom stereocenters. The van der Waals surface area contributed by atoms with Crippen molar-refractivity contribution in [1.82, 2.24) is 14.5 Å². The molecule has 1 aromatic carbocycles. The van der Waals surface area contributed by atoms with Crippen LogP contribution >= 0.6 is 0 Å². The Bertz CT molecular complexity index is 1280. The summed E-state index contributed by atoms with van der Waals surface area (Å²) in [6.45, 7) is 1.71. The van der Waals surface area contributed by atoms with Crippen LogP contribution in [0.1, 0.15) is 61.0 Å². The number of imidazole rings is 1. The Balaban J connectivity index is 1.44. The van der Waals surface area contributed by atoms with Crippen LogP contribution in [-0.4, -0.2) is 40.6 Å². The van der Waals surface area contributed by atoms with E-state index in [0.717, 1.165) is 31.2 Å². The molecule has 0 spiro atoms. The lowest BCUT2D eigenvalue weighted by atomic mass is 9.97. The van der Waals surface area contributed by atoms with Gasteiger partial charge in [0.1, 0.15) is 18.5 Å². The van der Waals surface area contributed by atoms with Gasteiger partial charge >= 0.3 is 5.97 Å².